The van der Waals surface area contributed by atoms with Gasteiger partial charge in [0.1, 0.15) is 0 Å². The molecule has 0 unspecified atom stereocenters. The molecule has 0 bridgehead atoms. The van der Waals surface area contributed by atoms with E-state index in [0.717, 1.165) is 5.52 Å². The fourth-order valence-electron chi connectivity index (χ4n) is 0.926. The number of nitrogens with one attached hydrogen (secondary N) is 1. The molecule has 1 N–H and O–H groups in total. The summed E-state index contributed by atoms with van der Waals surface area (Å²) < 4.78 is 4.62. The molecular weight excluding hydrogens is 130 g/mol. The summed E-state index contributed by atoms with van der Waals surface area (Å²) in [5, 5.41) is 0.600. The zero-order chi connectivity index (χ0) is 6.97. The van der Waals surface area contributed by atoms with Gasteiger partial charge in [0.25, 0.3) is 0 Å². The first kappa shape index (κ1) is 5.29. The number of hydrogen-bond donors (Lipinski definition) is 1. The molecule has 0 amide bonds. The lowest BCUT2D eigenvalue weighted by Gasteiger charge is -1.82. The van der Waals surface area contributed by atoms with Gasteiger partial charge in [-0.3, -0.25) is 0 Å². The van der Waals surface area contributed by atoms with Crippen molar-refractivity contribution in [1.29, 1.82) is 0 Å². The lowest BCUT2D eigenvalue weighted by Crippen LogP contribution is -1.94. The van der Waals surface area contributed by atoms with Crippen molar-refractivity contribution < 1.29 is 4.42 Å². The highest BCUT2D eigenvalue weighted by Crippen LogP contribution is 2.04. The van der Waals surface area contributed by atoms with Crippen molar-refractivity contribution in [1.82, 2.24) is 4.98 Å². The van der Waals surface area contributed by atoms with E-state index in [4.69, 9.17) is 0 Å². The molecule has 0 saturated carbocycles. The standard InChI is InChI=1S/C7H5NO2/c9-7-5-1-3-8-6(5)2-4-10-7/h1-4,8H. The molecule has 2 aromatic rings. The van der Waals surface area contributed by atoms with Crippen LogP contribution in [0, 0.1) is 0 Å². The van der Waals surface area contributed by atoms with Crippen molar-refractivity contribution in [2.75, 3.05) is 0 Å². The topological polar surface area (TPSA) is 46.0 Å². The predicted molar refractivity (Wildman–Crippen MR) is 36.8 cm³/mol. The van der Waals surface area contributed by atoms with Gasteiger partial charge in [-0.05, 0) is 12.1 Å². The smallest absolute Gasteiger partial charge is 0.345 e. The lowest BCUT2D eigenvalue weighted by atomic mass is 10.3. The minimum Gasteiger partial charge on any atom is -0.431 e. The molecule has 2 aromatic heterocycles. The highest BCUT2D eigenvalue weighted by Gasteiger charge is 1.96. The van der Waals surface area contributed by atoms with Gasteiger partial charge in [-0.2, -0.15) is 0 Å². The van der Waals surface area contributed by atoms with E-state index in [0.29, 0.717) is 5.39 Å². The molecule has 0 radical (unpaired) electrons. The Balaban J connectivity index is 3.09. The summed E-state index contributed by atoms with van der Waals surface area (Å²) in [6, 6.07) is 3.41. The van der Waals surface area contributed by atoms with Gasteiger partial charge < -0.3 is 9.40 Å². The number of H-pyrrole nitrogens is 1. The SMILES string of the molecule is O=c1occc2[nH]ccc12. The Labute approximate surface area is 56.3 Å². The first-order valence-electron chi connectivity index (χ1n) is 2.93. The van der Waals surface area contributed by atoms with Crippen LogP contribution in [0.5, 0.6) is 0 Å². The quantitative estimate of drug-likeness (QED) is 0.588. The van der Waals surface area contributed by atoms with Crippen molar-refractivity contribution in [3.8, 4) is 0 Å². The number of fused-ring (bicyclic) bond motifs is 1. The van der Waals surface area contributed by atoms with Crippen LogP contribution in [0.2, 0.25) is 0 Å². The lowest BCUT2D eigenvalue weighted by molar-refractivity contribution is 0.519. The Morgan fingerprint density at radius 2 is 2.30 bits per heavy atom. The Hall–Kier alpha value is -1.51. The molecule has 10 heavy (non-hydrogen) atoms. The van der Waals surface area contributed by atoms with Crippen molar-refractivity contribution in [3.05, 3.63) is 35.0 Å². The van der Waals surface area contributed by atoms with E-state index in [1.165, 1.54) is 6.26 Å². The summed E-state index contributed by atoms with van der Waals surface area (Å²) in [5.41, 5.74) is 0.523. The number of aromatic nitrogens is 1. The maximum atomic E-state index is 10.9. The third kappa shape index (κ3) is 0.572. The van der Waals surface area contributed by atoms with E-state index in [9.17, 15) is 4.79 Å². The molecule has 0 aliphatic rings. The van der Waals surface area contributed by atoms with Gasteiger partial charge in [0, 0.05) is 6.20 Å². The second-order valence-corrected chi connectivity index (χ2v) is 2.01. The molecule has 0 fully saturated rings. The van der Waals surface area contributed by atoms with E-state index in [1.807, 2.05) is 0 Å². The Bertz CT molecular complexity index is 399. The normalized spacial score (nSPS) is 10.4. The highest BCUT2D eigenvalue weighted by atomic mass is 16.4. The van der Waals surface area contributed by atoms with Gasteiger partial charge in [-0.15, -0.1) is 0 Å². The summed E-state index contributed by atoms with van der Waals surface area (Å²) in [7, 11) is 0. The Morgan fingerprint density at radius 3 is 3.10 bits per heavy atom. The molecule has 0 aromatic carbocycles. The Morgan fingerprint density at radius 1 is 1.40 bits per heavy atom. The number of aromatic amines is 1. The van der Waals surface area contributed by atoms with Crippen LogP contribution < -0.4 is 5.63 Å². The second kappa shape index (κ2) is 1.73. The molecule has 0 aliphatic carbocycles. The number of rotatable bonds is 0. The van der Waals surface area contributed by atoms with Crippen LogP contribution in [-0.4, -0.2) is 4.98 Å². The van der Waals surface area contributed by atoms with E-state index >= 15 is 0 Å². The van der Waals surface area contributed by atoms with Crippen LogP contribution >= 0.6 is 0 Å². The minimum atomic E-state index is -0.293. The van der Waals surface area contributed by atoms with Gasteiger partial charge in [0.05, 0.1) is 17.2 Å². The molecule has 2 heterocycles. The molecule has 2 rings (SSSR count). The summed E-state index contributed by atoms with van der Waals surface area (Å²) in [6.45, 7) is 0. The molecular formula is C7H5NO2. The zero-order valence-corrected chi connectivity index (χ0v) is 5.13. The largest absolute Gasteiger partial charge is 0.431 e. The average molecular weight is 135 g/mol. The van der Waals surface area contributed by atoms with Gasteiger partial charge in [-0.25, -0.2) is 4.79 Å². The molecule has 0 saturated heterocycles. The van der Waals surface area contributed by atoms with E-state index < -0.39 is 0 Å². The predicted octanol–water partition coefficient (Wildman–Crippen LogP) is 1.12. The maximum absolute atomic E-state index is 10.9. The Kier molecular flexibility index (Phi) is 0.917. The molecule has 0 atom stereocenters. The van der Waals surface area contributed by atoms with Gasteiger partial charge in [0.15, 0.2) is 0 Å². The van der Waals surface area contributed by atoms with Crippen LogP contribution in [0.1, 0.15) is 0 Å². The minimum absolute atomic E-state index is 0.293. The molecule has 3 heteroatoms. The summed E-state index contributed by atoms with van der Waals surface area (Å²) in [4.78, 5) is 13.8. The third-order valence-electron chi connectivity index (χ3n) is 1.41. The van der Waals surface area contributed by atoms with Crippen molar-refractivity contribution >= 4 is 10.9 Å². The maximum Gasteiger partial charge on any atom is 0.345 e. The monoisotopic (exact) mass is 135 g/mol. The second-order valence-electron chi connectivity index (χ2n) is 2.01. The molecule has 0 aliphatic heterocycles. The molecule has 3 nitrogen and oxygen atoms in total. The summed E-state index contributed by atoms with van der Waals surface area (Å²) in [5.74, 6) is 0. The van der Waals surface area contributed by atoms with Crippen molar-refractivity contribution in [2.24, 2.45) is 0 Å². The molecule has 0 spiro atoms. The summed E-state index contributed by atoms with van der Waals surface area (Å²) >= 11 is 0. The van der Waals surface area contributed by atoms with Gasteiger partial charge in [-0.1, -0.05) is 0 Å². The first-order chi connectivity index (χ1) is 4.88. The van der Waals surface area contributed by atoms with Crippen LogP contribution in [0.4, 0.5) is 0 Å². The third-order valence-corrected chi connectivity index (χ3v) is 1.41. The van der Waals surface area contributed by atoms with Crippen molar-refractivity contribution in [3.63, 3.8) is 0 Å². The van der Waals surface area contributed by atoms with Crippen LogP contribution in [0.15, 0.2) is 33.8 Å². The van der Waals surface area contributed by atoms with Crippen LogP contribution in [-0.2, 0) is 0 Å². The van der Waals surface area contributed by atoms with E-state index in [-0.39, 0.29) is 5.63 Å². The zero-order valence-electron chi connectivity index (χ0n) is 5.13. The fourth-order valence-corrected chi connectivity index (χ4v) is 0.926. The van der Waals surface area contributed by atoms with Crippen molar-refractivity contribution in [2.45, 2.75) is 0 Å². The average Bonchev–Trinajstić information content (AvgIpc) is 2.36. The van der Waals surface area contributed by atoms with Gasteiger partial charge >= 0.3 is 5.63 Å². The van der Waals surface area contributed by atoms with E-state index in [1.54, 1.807) is 18.3 Å². The van der Waals surface area contributed by atoms with Crippen LogP contribution in [0.3, 0.4) is 0 Å². The van der Waals surface area contributed by atoms with E-state index in [2.05, 4.69) is 9.40 Å². The first-order valence-corrected chi connectivity index (χ1v) is 2.93. The number of hydrogen-bond acceptors (Lipinski definition) is 2. The summed E-state index contributed by atoms with van der Waals surface area (Å²) in [6.07, 6.45) is 3.09. The molecule has 50 valence electrons. The fraction of sp³-hybridized carbons (Fsp3) is 0. The highest BCUT2D eigenvalue weighted by molar-refractivity contribution is 5.76. The van der Waals surface area contributed by atoms with Gasteiger partial charge in [0.2, 0.25) is 0 Å². The van der Waals surface area contributed by atoms with Crippen LogP contribution in [0.25, 0.3) is 10.9 Å².